The van der Waals surface area contributed by atoms with Crippen LogP contribution in [0.1, 0.15) is 10.4 Å². The van der Waals surface area contributed by atoms with Crippen LogP contribution < -0.4 is 4.74 Å². The Kier molecular flexibility index (Phi) is 6.13. The molecule has 16 heavy (non-hydrogen) atoms. The quantitative estimate of drug-likeness (QED) is 0.741. The van der Waals surface area contributed by atoms with Gasteiger partial charge in [-0.15, -0.1) is 12.6 Å². The topological polar surface area (TPSA) is 115 Å². The van der Waals surface area contributed by atoms with E-state index in [1.807, 2.05) is 0 Å². The zero-order chi connectivity index (χ0) is 12.6. The van der Waals surface area contributed by atoms with E-state index in [0.717, 1.165) is 0 Å². The van der Waals surface area contributed by atoms with Gasteiger partial charge >= 0.3 is 16.6 Å². The molecule has 0 aromatic heterocycles. The molecule has 1 rings (SSSR count). The number of hydrogen-bond acceptors (Lipinski definition) is 6. The zero-order valence-corrected chi connectivity index (χ0v) is 8.51. The van der Waals surface area contributed by atoms with Crippen molar-refractivity contribution in [3.8, 4) is 5.75 Å². The van der Waals surface area contributed by atoms with Crippen LogP contribution in [0.3, 0.4) is 0 Å². The minimum absolute atomic E-state index is 0.160. The van der Waals surface area contributed by atoms with Gasteiger partial charge in [-0.25, -0.2) is 4.79 Å². The fourth-order valence-electron chi connectivity index (χ4n) is 0.732. The number of rotatable bonds is 3. The van der Waals surface area contributed by atoms with Gasteiger partial charge in [-0.05, 0) is 24.3 Å². The summed E-state index contributed by atoms with van der Waals surface area (Å²) < 4.78 is 29.8. The normalized spacial score (nSPS) is 8.25. The summed E-state index contributed by atoms with van der Waals surface area (Å²) in [6.07, 6.45) is 0. The van der Waals surface area contributed by atoms with Crippen molar-refractivity contribution in [1.29, 1.82) is 0 Å². The third-order valence-corrected chi connectivity index (χ3v) is 1.29. The Balaban J connectivity index is 0.000000487. The summed E-state index contributed by atoms with van der Waals surface area (Å²) in [6, 6.07) is 5.55. The molecule has 0 fully saturated rings. The van der Waals surface area contributed by atoms with Crippen LogP contribution in [-0.2, 0) is 15.4 Å². The lowest BCUT2D eigenvalue weighted by Crippen LogP contribution is -1.95. The van der Waals surface area contributed by atoms with Gasteiger partial charge in [0.2, 0.25) is 0 Å². The molecule has 0 bridgehead atoms. The minimum Gasteiger partial charge on any atom is -0.478 e. The lowest BCUT2D eigenvalue weighted by atomic mass is 10.2. The summed E-state index contributed by atoms with van der Waals surface area (Å²) in [6.45, 7) is 0.287. The SMILES string of the molecule is O=COc1ccc(C(=O)O)cc1.O=S(=O)=O. The van der Waals surface area contributed by atoms with E-state index in [2.05, 4.69) is 4.74 Å². The molecular formula is C8H6O7S. The average molecular weight is 246 g/mol. The minimum atomic E-state index is -3.11. The van der Waals surface area contributed by atoms with Gasteiger partial charge in [-0.2, -0.15) is 0 Å². The van der Waals surface area contributed by atoms with Crippen molar-refractivity contribution in [2.24, 2.45) is 0 Å². The van der Waals surface area contributed by atoms with Crippen LogP contribution in [0, 0.1) is 0 Å². The van der Waals surface area contributed by atoms with Gasteiger partial charge < -0.3 is 9.84 Å². The van der Waals surface area contributed by atoms with Crippen LogP contribution in [0.15, 0.2) is 24.3 Å². The Morgan fingerprint density at radius 1 is 1.19 bits per heavy atom. The van der Waals surface area contributed by atoms with Crippen molar-refractivity contribution in [3.05, 3.63) is 29.8 Å². The Bertz CT molecular complexity index is 452. The van der Waals surface area contributed by atoms with E-state index in [0.29, 0.717) is 5.75 Å². The van der Waals surface area contributed by atoms with Gasteiger partial charge in [0.25, 0.3) is 6.47 Å². The number of benzene rings is 1. The van der Waals surface area contributed by atoms with Crippen molar-refractivity contribution in [3.63, 3.8) is 0 Å². The van der Waals surface area contributed by atoms with Crippen molar-refractivity contribution < 1.29 is 32.1 Å². The molecule has 1 aromatic rings. The molecular weight excluding hydrogens is 240 g/mol. The summed E-state index contributed by atoms with van der Waals surface area (Å²) in [5, 5.41) is 8.50. The van der Waals surface area contributed by atoms with Gasteiger partial charge in [0.05, 0.1) is 5.56 Å². The van der Waals surface area contributed by atoms with E-state index in [9.17, 15) is 9.59 Å². The molecule has 0 saturated carbocycles. The van der Waals surface area contributed by atoms with Crippen LogP contribution in [0.2, 0.25) is 0 Å². The van der Waals surface area contributed by atoms with E-state index in [1.165, 1.54) is 24.3 Å². The van der Waals surface area contributed by atoms with Crippen molar-refractivity contribution in [1.82, 2.24) is 0 Å². The summed E-state index contributed by atoms with van der Waals surface area (Å²) >= 11 is 0. The molecule has 7 nitrogen and oxygen atoms in total. The van der Waals surface area contributed by atoms with Gasteiger partial charge in [0.15, 0.2) is 0 Å². The van der Waals surface area contributed by atoms with Crippen molar-refractivity contribution in [2.45, 2.75) is 0 Å². The number of carbonyl (C=O) groups excluding carboxylic acids is 1. The second kappa shape index (κ2) is 7.12. The number of carbonyl (C=O) groups is 2. The first-order valence-corrected chi connectivity index (χ1v) is 4.67. The third kappa shape index (κ3) is 6.27. The molecule has 0 heterocycles. The second-order valence-corrected chi connectivity index (χ2v) is 2.66. The highest BCUT2D eigenvalue weighted by Crippen LogP contribution is 2.10. The number of aromatic carboxylic acids is 1. The Hall–Kier alpha value is -2.22. The predicted molar refractivity (Wildman–Crippen MR) is 49.8 cm³/mol. The highest BCUT2D eigenvalue weighted by molar-refractivity contribution is 7.59. The summed E-state index contributed by atoms with van der Waals surface area (Å²) in [5.41, 5.74) is 0.160. The van der Waals surface area contributed by atoms with Crippen molar-refractivity contribution >= 4 is 23.1 Å². The van der Waals surface area contributed by atoms with Gasteiger partial charge in [0.1, 0.15) is 5.75 Å². The maximum Gasteiger partial charge on any atom is 0.425 e. The molecule has 86 valence electrons. The largest absolute Gasteiger partial charge is 0.478 e. The Morgan fingerprint density at radius 2 is 1.62 bits per heavy atom. The Labute approximate surface area is 91.3 Å². The second-order valence-electron chi connectivity index (χ2n) is 2.25. The number of carboxylic acids is 1. The molecule has 0 amide bonds. The van der Waals surface area contributed by atoms with E-state index in [4.69, 9.17) is 17.7 Å². The zero-order valence-electron chi connectivity index (χ0n) is 7.69. The standard InChI is InChI=1S/C8H6O4.O3S/c9-5-12-7-3-1-6(2-4-7)8(10)11;1-4(2)3/h1-5H,(H,10,11);. The van der Waals surface area contributed by atoms with Crippen LogP contribution >= 0.6 is 0 Å². The number of hydrogen-bond donors (Lipinski definition) is 1. The van der Waals surface area contributed by atoms with Gasteiger partial charge in [0, 0.05) is 0 Å². The van der Waals surface area contributed by atoms with E-state index < -0.39 is 16.6 Å². The average Bonchev–Trinajstić information content (AvgIpc) is 2.18. The first-order chi connectivity index (χ1) is 7.47. The molecule has 0 atom stereocenters. The van der Waals surface area contributed by atoms with Crippen LogP contribution in [0.4, 0.5) is 0 Å². The molecule has 8 heteroatoms. The molecule has 0 saturated heterocycles. The summed E-state index contributed by atoms with van der Waals surface area (Å²) in [5.74, 6) is -0.678. The van der Waals surface area contributed by atoms with E-state index in [-0.39, 0.29) is 12.0 Å². The molecule has 1 aromatic carbocycles. The van der Waals surface area contributed by atoms with Gasteiger partial charge in [-0.3, -0.25) is 4.79 Å². The van der Waals surface area contributed by atoms with Crippen molar-refractivity contribution in [2.75, 3.05) is 0 Å². The fraction of sp³-hybridized carbons (Fsp3) is 0. The molecule has 1 N–H and O–H groups in total. The molecule has 0 aliphatic carbocycles. The fourth-order valence-corrected chi connectivity index (χ4v) is 0.732. The van der Waals surface area contributed by atoms with E-state index in [1.54, 1.807) is 0 Å². The molecule has 0 aliphatic rings. The van der Waals surface area contributed by atoms with Crippen LogP contribution in [0.5, 0.6) is 5.75 Å². The first kappa shape index (κ1) is 13.8. The molecule has 0 unspecified atom stereocenters. The highest BCUT2D eigenvalue weighted by atomic mass is 32.2. The molecule has 0 aliphatic heterocycles. The van der Waals surface area contributed by atoms with Gasteiger partial charge in [-0.1, -0.05) is 0 Å². The number of ether oxygens (including phenoxy) is 1. The lowest BCUT2D eigenvalue weighted by molar-refractivity contribution is -0.120. The lowest BCUT2D eigenvalue weighted by Gasteiger charge is -1.96. The Morgan fingerprint density at radius 3 is 1.94 bits per heavy atom. The number of carboxylic acid groups (broad SMARTS) is 1. The molecule has 0 radical (unpaired) electrons. The first-order valence-electron chi connectivity index (χ1n) is 3.67. The molecule has 0 spiro atoms. The van der Waals surface area contributed by atoms with Crippen LogP contribution in [-0.4, -0.2) is 30.2 Å². The maximum absolute atomic E-state index is 10.4. The van der Waals surface area contributed by atoms with E-state index >= 15 is 0 Å². The summed E-state index contributed by atoms with van der Waals surface area (Å²) in [4.78, 5) is 20.2. The maximum atomic E-state index is 10.4. The highest BCUT2D eigenvalue weighted by Gasteiger charge is 2.00. The van der Waals surface area contributed by atoms with Crippen LogP contribution in [0.25, 0.3) is 0 Å². The summed E-state index contributed by atoms with van der Waals surface area (Å²) in [7, 11) is -3.11. The monoisotopic (exact) mass is 246 g/mol. The smallest absolute Gasteiger partial charge is 0.425 e. The third-order valence-electron chi connectivity index (χ3n) is 1.29. The predicted octanol–water partition coefficient (Wildman–Crippen LogP) is -0.0841.